The first-order chi connectivity index (χ1) is 19.3. The molecular weight excluding hydrogens is 534 g/mol. The molecule has 7 unspecified atom stereocenters. The summed E-state index contributed by atoms with van der Waals surface area (Å²) >= 11 is 0. The number of unbranched alkanes of at least 4 members (excludes halogenated alkanes) is 2. The van der Waals surface area contributed by atoms with Crippen LogP contribution in [-0.2, 0) is 28.5 Å². The van der Waals surface area contributed by atoms with E-state index in [1.165, 1.54) is 6.92 Å². The Balaban J connectivity index is 2.41. The normalized spacial score (nSPS) is 35.3. The number of carbonyl (C=O) groups is 2. The molecule has 0 spiro atoms. The van der Waals surface area contributed by atoms with Crippen molar-refractivity contribution in [3.63, 3.8) is 0 Å². The maximum Gasteiger partial charge on any atom is 0.335 e. The van der Waals surface area contributed by atoms with Gasteiger partial charge in [0.25, 0.3) is 0 Å². The number of hydrogen-bond donors (Lipinski definition) is 5. The maximum absolute atomic E-state index is 12.4. The molecule has 0 aromatic rings. The van der Waals surface area contributed by atoms with Gasteiger partial charge in [-0.15, -0.1) is 0 Å². The molecule has 240 valence electrons. The third-order valence-electron chi connectivity index (χ3n) is 9.05. The lowest BCUT2D eigenvalue weighted by Crippen LogP contribution is -2.67. The first-order valence-electron chi connectivity index (χ1n) is 15.4. The van der Waals surface area contributed by atoms with Crippen LogP contribution in [0.3, 0.4) is 0 Å². The number of aliphatic hydroxyl groups is 3. The second-order valence-electron chi connectivity index (χ2n) is 12.3. The first-order valence-corrected chi connectivity index (χ1v) is 15.4. The molecule has 2 aliphatic rings. The highest BCUT2D eigenvalue weighted by molar-refractivity contribution is 5.74. The largest absolute Gasteiger partial charge is 0.479 e. The smallest absolute Gasteiger partial charge is 0.335 e. The average Bonchev–Trinajstić information content (AvgIpc) is 2.94. The number of carboxylic acid groups (broad SMARTS) is 1. The quantitative estimate of drug-likeness (QED) is 0.181. The van der Waals surface area contributed by atoms with Crippen LogP contribution >= 0.6 is 0 Å². The maximum atomic E-state index is 12.4. The van der Waals surface area contributed by atoms with Crippen molar-refractivity contribution in [3.05, 3.63) is 0 Å². The van der Waals surface area contributed by atoms with E-state index < -0.39 is 72.0 Å². The van der Waals surface area contributed by atoms with Crippen molar-refractivity contribution in [2.75, 3.05) is 6.61 Å². The molecule has 2 aliphatic heterocycles. The Hall–Kier alpha value is -1.34. The van der Waals surface area contributed by atoms with Gasteiger partial charge < -0.3 is 44.7 Å². The molecule has 11 nitrogen and oxygen atoms in total. The van der Waals surface area contributed by atoms with Crippen LogP contribution in [0.4, 0.5) is 0 Å². The highest BCUT2D eigenvalue weighted by Crippen LogP contribution is 2.41. The van der Waals surface area contributed by atoms with E-state index in [0.29, 0.717) is 19.3 Å². The molecule has 0 aromatic heterocycles. The van der Waals surface area contributed by atoms with Gasteiger partial charge in [0.15, 0.2) is 12.4 Å². The summed E-state index contributed by atoms with van der Waals surface area (Å²) in [6.45, 7) is 13.0. The second-order valence-corrected chi connectivity index (χ2v) is 12.3. The summed E-state index contributed by atoms with van der Waals surface area (Å²) in [5.74, 6) is -1.73. The molecule has 1 amide bonds. The summed E-state index contributed by atoms with van der Waals surface area (Å²) in [6, 6.07) is -0.871. The van der Waals surface area contributed by atoms with Gasteiger partial charge in [0.1, 0.15) is 24.4 Å². The van der Waals surface area contributed by atoms with Crippen molar-refractivity contribution in [1.29, 1.82) is 0 Å². The lowest BCUT2D eigenvalue weighted by atomic mass is 9.72. The third-order valence-corrected chi connectivity index (χ3v) is 9.05. The first kappa shape index (κ1) is 35.9. The highest BCUT2D eigenvalue weighted by Gasteiger charge is 2.55. The zero-order valence-electron chi connectivity index (χ0n) is 26.0. The van der Waals surface area contributed by atoms with E-state index in [1.54, 1.807) is 0 Å². The van der Waals surface area contributed by atoms with E-state index in [4.69, 9.17) is 18.9 Å². The van der Waals surface area contributed by atoms with Crippen LogP contribution in [0.25, 0.3) is 0 Å². The summed E-state index contributed by atoms with van der Waals surface area (Å²) in [4.78, 5) is 24.7. The lowest BCUT2D eigenvalue weighted by Gasteiger charge is -2.50. The van der Waals surface area contributed by atoms with Gasteiger partial charge in [-0.3, -0.25) is 4.79 Å². The Morgan fingerprint density at radius 2 is 1.61 bits per heavy atom. The van der Waals surface area contributed by atoms with E-state index in [-0.39, 0.29) is 18.9 Å². The van der Waals surface area contributed by atoms with Gasteiger partial charge in [0.05, 0.1) is 30.5 Å². The van der Waals surface area contributed by atoms with E-state index in [1.807, 2.05) is 34.6 Å². The lowest BCUT2D eigenvalue weighted by molar-refractivity contribution is -0.318. The molecule has 0 bridgehead atoms. The predicted octanol–water partition coefficient (Wildman–Crippen LogP) is 2.91. The van der Waals surface area contributed by atoms with Crippen molar-refractivity contribution in [2.45, 2.75) is 167 Å². The van der Waals surface area contributed by atoms with Gasteiger partial charge in [-0.2, -0.15) is 0 Å². The van der Waals surface area contributed by atoms with Gasteiger partial charge in [0, 0.05) is 13.3 Å². The topological polar surface area (TPSA) is 164 Å². The number of amides is 1. The molecule has 5 N–H and O–H groups in total. The third kappa shape index (κ3) is 9.08. The van der Waals surface area contributed by atoms with Gasteiger partial charge in [-0.05, 0) is 38.0 Å². The zero-order chi connectivity index (χ0) is 31.0. The number of carbonyl (C=O) groups excluding carboxylic acids is 1. The molecular formula is C30H55NO10. The van der Waals surface area contributed by atoms with Crippen molar-refractivity contribution in [2.24, 2.45) is 5.41 Å². The molecule has 11 atom stereocenters. The van der Waals surface area contributed by atoms with Crippen molar-refractivity contribution >= 4 is 11.9 Å². The number of carboxylic acids is 1. The Morgan fingerprint density at radius 1 is 0.976 bits per heavy atom. The fourth-order valence-corrected chi connectivity index (χ4v) is 5.95. The summed E-state index contributed by atoms with van der Waals surface area (Å²) in [5.41, 5.74) is -1.08. The molecule has 41 heavy (non-hydrogen) atoms. The predicted molar refractivity (Wildman–Crippen MR) is 152 cm³/mol. The molecule has 2 rings (SSSR count). The van der Waals surface area contributed by atoms with E-state index in [0.717, 1.165) is 32.1 Å². The Bertz CT molecular complexity index is 829. The van der Waals surface area contributed by atoms with Crippen LogP contribution < -0.4 is 5.32 Å². The van der Waals surface area contributed by atoms with Crippen LogP contribution in [0.2, 0.25) is 0 Å². The monoisotopic (exact) mass is 589 g/mol. The van der Waals surface area contributed by atoms with Crippen molar-refractivity contribution in [3.8, 4) is 0 Å². The van der Waals surface area contributed by atoms with Crippen LogP contribution in [0.5, 0.6) is 0 Å². The van der Waals surface area contributed by atoms with Crippen molar-refractivity contribution < 1.29 is 49.0 Å². The molecule has 0 saturated carbocycles. The fourth-order valence-electron chi connectivity index (χ4n) is 5.95. The molecule has 2 heterocycles. The minimum absolute atomic E-state index is 0.270. The molecule has 2 saturated heterocycles. The second kappa shape index (κ2) is 15.9. The van der Waals surface area contributed by atoms with Crippen LogP contribution in [0, 0.1) is 5.41 Å². The van der Waals surface area contributed by atoms with Crippen molar-refractivity contribution in [1.82, 2.24) is 5.32 Å². The molecule has 2 fully saturated rings. The van der Waals surface area contributed by atoms with Crippen LogP contribution in [0.15, 0.2) is 0 Å². The van der Waals surface area contributed by atoms with Crippen LogP contribution in [-0.4, -0.2) is 99.6 Å². The minimum Gasteiger partial charge on any atom is -0.479 e. The summed E-state index contributed by atoms with van der Waals surface area (Å²) in [5, 5.41) is 45.5. The summed E-state index contributed by atoms with van der Waals surface area (Å²) < 4.78 is 24.7. The van der Waals surface area contributed by atoms with Gasteiger partial charge in [-0.25, -0.2) is 4.79 Å². The molecule has 0 aliphatic carbocycles. The fraction of sp³-hybridized carbons (Fsp3) is 0.933. The number of aliphatic hydroxyl groups excluding tert-OH is 3. The minimum atomic E-state index is -1.61. The Kier molecular flexibility index (Phi) is 13.9. The standard InChI is InChI=1S/C30H55NO10/c1-8-12-14-29(6,10-3)26-23(35)22(34)24(25(39-26)27(36)37)40-28-21(31-18(5)33)20(16-19(17-32)38-28)41-30(7,11-4)15-13-9-2/h19-26,28,32,34-35H,8-17H2,1-7H3,(H,31,33)(H,36,37)/t19?,20?,21?,22?,23-,24+,25?,26+,28-,29?,30?/m0/s1. The SMILES string of the molecule is CCCCC(C)(CC)OC1CC(CO)O[C@@H](O[C@H]2C(C(=O)O)O[C@@H](C(C)(CC)CCCC)[C@@H](O)C2O)C1NC(C)=O. The van der Waals surface area contributed by atoms with Gasteiger partial charge in [0.2, 0.25) is 5.91 Å². The molecule has 11 heteroatoms. The Morgan fingerprint density at radius 3 is 2.12 bits per heavy atom. The van der Waals surface area contributed by atoms with E-state index in [2.05, 4.69) is 12.2 Å². The highest BCUT2D eigenvalue weighted by atomic mass is 16.7. The zero-order valence-corrected chi connectivity index (χ0v) is 26.0. The Labute approximate surface area is 245 Å². The summed E-state index contributed by atoms with van der Waals surface area (Å²) in [7, 11) is 0. The van der Waals surface area contributed by atoms with Crippen LogP contribution in [0.1, 0.15) is 106 Å². The number of ether oxygens (including phenoxy) is 4. The number of hydrogen-bond acceptors (Lipinski definition) is 9. The molecule has 0 radical (unpaired) electrons. The molecule has 0 aromatic carbocycles. The van der Waals surface area contributed by atoms with Gasteiger partial charge in [-0.1, -0.05) is 60.3 Å². The summed E-state index contributed by atoms with van der Waals surface area (Å²) in [6.07, 6.45) is -2.92. The number of rotatable bonds is 16. The van der Waals surface area contributed by atoms with Gasteiger partial charge >= 0.3 is 5.97 Å². The van der Waals surface area contributed by atoms with E-state index >= 15 is 0 Å². The van der Waals surface area contributed by atoms with E-state index in [9.17, 15) is 30.0 Å². The number of aliphatic carboxylic acids is 1. The number of nitrogens with one attached hydrogen (secondary N) is 1. The average molecular weight is 590 g/mol.